The monoisotopic (exact) mass is 418 g/mol. The number of carbonyl (C=O) groups is 2. The molecule has 5 heteroatoms. The van der Waals surface area contributed by atoms with Crippen LogP contribution in [0.15, 0.2) is 78.9 Å². The van der Waals surface area contributed by atoms with Gasteiger partial charge in [0.05, 0.1) is 13.0 Å². The van der Waals surface area contributed by atoms with Crippen molar-refractivity contribution >= 4 is 17.5 Å². The summed E-state index contributed by atoms with van der Waals surface area (Å²) < 4.78 is 13.8. The average Bonchev–Trinajstić information content (AvgIpc) is 2.78. The molecule has 0 aromatic heterocycles. The molecule has 0 aliphatic carbocycles. The second kappa shape index (κ2) is 10.5. The van der Waals surface area contributed by atoms with E-state index >= 15 is 0 Å². The molecule has 0 heterocycles. The lowest BCUT2D eigenvalue weighted by Crippen LogP contribution is -2.31. The van der Waals surface area contributed by atoms with Crippen molar-refractivity contribution in [2.45, 2.75) is 26.3 Å². The summed E-state index contributed by atoms with van der Waals surface area (Å²) in [4.78, 5) is 29.1. The number of hydrogen-bond acceptors (Lipinski definition) is 2. The van der Waals surface area contributed by atoms with E-state index in [2.05, 4.69) is 0 Å². The summed E-state index contributed by atoms with van der Waals surface area (Å²) in [7, 11) is 1.80. The Morgan fingerprint density at radius 3 is 2.29 bits per heavy atom. The van der Waals surface area contributed by atoms with Crippen LogP contribution in [0.4, 0.5) is 10.1 Å². The van der Waals surface area contributed by atoms with E-state index in [9.17, 15) is 14.0 Å². The number of likely N-dealkylation sites (N-methyl/N-ethyl adjacent to an activating group) is 1. The Morgan fingerprint density at radius 2 is 1.58 bits per heavy atom. The van der Waals surface area contributed by atoms with Gasteiger partial charge in [0, 0.05) is 24.8 Å². The Morgan fingerprint density at radius 1 is 0.871 bits per heavy atom. The van der Waals surface area contributed by atoms with Crippen molar-refractivity contribution in [3.05, 3.63) is 101 Å². The highest BCUT2D eigenvalue weighted by Crippen LogP contribution is 2.22. The molecule has 3 aromatic carbocycles. The molecule has 0 spiro atoms. The molecule has 0 saturated carbocycles. The molecule has 0 bridgehead atoms. The predicted octanol–water partition coefficient (Wildman–Crippen LogP) is 5.08. The summed E-state index contributed by atoms with van der Waals surface area (Å²) in [5.41, 5.74) is 2.73. The molecular weight excluding hydrogens is 391 g/mol. The zero-order valence-corrected chi connectivity index (χ0v) is 17.9. The Bertz CT molecular complexity index is 1040. The van der Waals surface area contributed by atoms with Crippen molar-refractivity contribution < 1.29 is 14.0 Å². The van der Waals surface area contributed by atoms with Crippen LogP contribution in [0, 0.1) is 5.82 Å². The molecule has 0 aliphatic heterocycles. The highest BCUT2D eigenvalue weighted by Gasteiger charge is 2.20. The van der Waals surface area contributed by atoms with Crippen molar-refractivity contribution in [1.29, 1.82) is 0 Å². The first kappa shape index (κ1) is 22.2. The smallest absolute Gasteiger partial charge is 0.258 e. The van der Waals surface area contributed by atoms with Gasteiger partial charge in [-0.25, -0.2) is 4.39 Å². The molecular formula is C26H27FN2O2. The number of benzene rings is 3. The van der Waals surface area contributed by atoms with Crippen molar-refractivity contribution in [2.75, 3.05) is 18.5 Å². The normalized spacial score (nSPS) is 10.5. The Balaban J connectivity index is 1.92. The first-order chi connectivity index (χ1) is 15.0. The first-order valence-electron chi connectivity index (χ1n) is 10.4. The third-order valence-electron chi connectivity index (χ3n) is 5.06. The Kier molecular flexibility index (Phi) is 7.55. The van der Waals surface area contributed by atoms with Crippen LogP contribution < -0.4 is 4.90 Å². The van der Waals surface area contributed by atoms with Gasteiger partial charge < -0.3 is 9.80 Å². The van der Waals surface area contributed by atoms with Gasteiger partial charge in [0.1, 0.15) is 5.82 Å². The first-order valence-corrected chi connectivity index (χ1v) is 10.4. The highest BCUT2D eigenvalue weighted by molar-refractivity contribution is 6.06. The highest BCUT2D eigenvalue weighted by atomic mass is 19.1. The van der Waals surface area contributed by atoms with E-state index in [1.807, 2.05) is 61.5 Å². The maximum Gasteiger partial charge on any atom is 0.258 e. The largest absolute Gasteiger partial charge is 0.345 e. The average molecular weight is 419 g/mol. The molecule has 0 N–H and O–H groups in total. The summed E-state index contributed by atoms with van der Waals surface area (Å²) in [6.07, 6.45) is 1.16. The zero-order valence-electron chi connectivity index (χ0n) is 17.9. The molecule has 31 heavy (non-hydrogen) atoms. The third kappa shape index (κ3) is 6.01. The summed E-state index contributed by atoms with van der Waals surface area (Å²) in [5, 5.41) is 0. The minimum absolute atomic E-state index is 0.0325. The lowest BCUT2D eigenvalue weighted by atomic mass is 10.1. The quantitative estimate of drug-likeness (QED) is 0.512. The summed E-state index contributed by atoms with van der Waals surface area (Å²) >= 11 is 0. The molecule has 2 amide bonds. The van der Waals surface area contributed by atoms with Crippen molar-refractivity contribution in [3.8, 4) is 0 Å². The van der Waals surface area contributed by atoms with Crippen LogP contribution >= 0.6 is 0 Å². The van der Waals surface area contributed by atoms with Crippen molar-refractivity contribution in [1.82, 2.24) is 4.90 Å². The lowest BCUT2D eigenvalue weighted by molar-refractivity contribution is -0.129. The van der Waals surface area contributed by atoms with E-state index in [0.717, 1.165) is 17.5 Å². The van der Waals surface area contributed by atoms with Crippen LogP contribution in [0.1, 0.15) is 34.8 Å². The van der Waals surface area contributed by atoms with E-state index in [1.54, 1.807) is 22.9 Å². The topological polar surface area (TPSA) is 40.6 Å². The number of halogens is 1. The van der Waals surface area contributed by atoms with E-state index in [1.165, 1.54) is 18.2 Å². The Hall–Kier alpha value is -3.47. The fraction of sp³-hybridized carbons (Fsp3) is 0.231. The predicted molar refractivity (Wildman–Crippen MR) is 121 cm³/mol. The minimum atomic E-state index is -0.455. The number of amides is 2. The van der Waals surface area contributed by atoms with Crippen LogP contribution in [0.2, 0.25) is 0 Å². The van der Waals surface area contributed by atoms with E-state index in [0.29, 0.717) is 18.8 Å². The van der Waals surface area contributed by atoms with Crippen LogP contribution in [-0.4, -0.2) is 30.3 Å². The molecule has 3 aromatic rings. The summed E-state index contributed by atoms with van der Waals surface area (Å²) in [5.74, 6) is -0.719. The molecule has 3 rings (SSSR count). The van der Waals surface area contributed by atoms with Gasteiger partial charge in [0.15, 0.2) is 0 Å². The fourth-order valence-electron chi connectivity index (χ4n) is 3.43. The summed E-state index contributed by atoms with van der Waals surface area (Å²) in [6, 6.07) is 22.8. The molecule has 160 valence electrons. The molecule has 0 radical (unpaired) electrons. The fourth-order valence-corrected chi connectivity index (χ4v) is 3.43. The van der Waals surface area contributed by atoms with Crippen LogP contribution in [-0.2, 0) is 17.8 Å². The summed E-state index contributed by atoms with van der Waals surface area (Å²) in [6.45, 7) is 3.07. The molecule has 0 saturated heterocycles. The number of anilines is 1. The molecule has 0 atom stereocenters. The number of rotatable bonds is 8. The van der Waals surface area contributed by atoms with Gasteiger partial charge in [-0.15, -0.1) is 0 Å². The minimum Gasteiger partial charge on any atom is -0.345 e. The molecule has 0 unspecified atom stereocenters. The molecule has 0 fully saturated rings. The van der Waals surface area contributed by atoms with Gasteiger partial charge in [0.2, 0.25) is 5.91 Å². The van der Waals surface area contributed by atoms with Gasteiger partial charge in [-0.3, -0.25) is 9.59 Å². The maximum absolute atomic E-state index is 13.8. The van der Waals surface area contributed by atoms with Gasteiger partial charge in [-0.1, -0.05) is 55.5 Å². The van der Waals surface area contributed by atoms with E-state index in [4.69, 9.17) is 0 Å². The van der Waals surface area contributed by atoms with Crippen LogP contribution in [0.3, 0.4) is 0 Å². The second-order valence-electron chi connectivity index (χ2n) is 7.55. The van der Waals surface area contributed by atoms with E-state index < -0.39 is 5.82 Å². The van der Waals surface area contributed by atoms with Gasteiger partial charge in [-0.2, -0.15) is 0 Å². The number of nitrogens with zero attached hydrogens (tertiary/aromatic N) is 2. The van der Waals surface area contributed by atoms with Crippen LogP contribution in [0.25, 0.3) is 0 Å². The standard InChI is InChI=1S/C26H27FN2O2/c1-3-15-28(2)25(30)17-21-11-7-14-24(16-21)29(19-20-9-5-4-6-10-20)26(31)22-12-8-13-23(27)18-22/h4-14,16,18H,3,15,17,19H2,1-2H3. The number of carbonyl (C=O) groups excluding carboxylic acids is 2. The van der Waals surface area contributed by atoms with Crippen molar-refractivity contribution in [2.24, 2.45) is 0 Å². The van der Waals surface area contributed by atoms with E-state index in [-0.39, 0.29) is 23.8 Å². The second-order valence-corrected chi connectivity index (χ2v) is 7.55. The Labute approximate surface area is 182 Å². The third-order valence-corrected chi connectivity index (χ3v) is 5.06. The molecule has 4 nitrogen and oxygen atoms in total. The maximum atomic E-state index is 13.8. The van der Waals surface area contributed by atoms with Crippen LogP contribution in [0.5, 0.6) is 0 Å². The van der Waals surface area contributed by atoms with Gasteiger partial charge >= 0.3 is 0 Å². The van der Waals surface area contributed by atoms with Gasteiger partial charge in [-0.05, 0) is 47.9 Å². The van der Waals surface area contributed by atoms with Crippen molar-refractivity contribution in [3.63, 3.8) is 0 Å². The zero-order chi connectivity index (χ0) is 22.2. The molecule has 0 aliphatic rings. The SMILES string of the molecule is CCCN(C)C(=O)Cc1cccc(N(Cc2ccccc2)C(=O)c2cccc(F)c2)c1. The lowest BCUT2D eigenvalue weighted by Gasteiger charge is -2.24. The van der Waals surface area contributed by atoms with Gasteiger partial charge in [0.25, 0.3) is 5.91 Å². The number of hydrogen-bond donors (Lipinski definition) is 0.